The van der Waals surface area contributed by atoms with E-state index in [-0.39, 0.29) is 35.9 Å². The molecule has 8 nitrogen and oxygen atoms in total. The summed E-state index contributed by atoms with van der Waals surface area (Å²) in [7, 11) is -3.68. The number of nitrogens with one attached hydrogen (secondary N) is 3. The van der Waals surface area contributed by atoms with Gasteiger partial charge in [0.1, 0.15) is 5.75 Å². The summed E-state index contributed by atoms with van der Waals surface area (Å²) in [5.74, 6) is 0.00798. The van der Waals surface area contributed by atoms with Gasteiger partial charge in [0.25, 0.3) is 11.8 Å². The van der Waals surface area contributed by atoms with Crippen molar-refractivity contribution < 1.29 is 22.7 Å². The summed E-state index contributed by atoms with van der Waals surface area (Å²) in [6, 6.07) is 14.4. The third-order valence-corrected chi connectivity index (χ3v) is 7.22. The Bertz CT molecular complexity index is 1240. The van der Waals surface area contributed by atoms with E-state index >= 15 is 0 Å². The van der Waals surface area contributed by atoms with Crippen molar-refractivity contribution in [2.24, 2.45) is 0 Å². The van der Waals surface area contributed by atoms with Crippen LogP contribution in [-0.2, 0) is 21.4 Å². The maximum atomic E-state index is 12.6. The molecule has 0 spiro atoms. The zero-order valence-corrected chi connectivity index (χ0v) is 18.8. The normalized spacial score (nSPS) is 14.1. The SMILES string of the molecule is CC(NC(=O)c1ccc(S(=O)(=O)NCc2cccs2)cc1)c1ccc2c(c1)NC(=O)CO2. The summed E-state index contributed by atoms with van der Waals surface area (Å²) >= 11 is 1.47. The van der Waals surface area contributed by atoms with Crippen molar-refractivity contribution in [2.45, 2.75) is 24.4 Å². The molecule has 0 fully saturated rings. The van der Waals surface area contributed by atoms with Crippen LogP contribution in [-0.4, -0.2) is 26.8 Å². The van der Waals surface area contributed by atoms with E-state index in [1.54, 1.807) is 12.1 Å². The topological polar surface area (TPSA) is 114 Å². The molecule has 166 valence electrons. The smallest absolute Gasteiger partial charge is 0.262 e. The van der Waals surface area contributed by atoms with Crippen LogP contribution in [0.25, 0.3) is 0 Å². The van der Waals surface area contributed by atoms with Gasteiger partial charge in [0.05, 0.1) is 16.6 Å². The number of fused-ring (bicyclic) bond motifs is 1. The molecule has 3 N–H and O–H groups in total. The summed E-state index contributed by atoms with van der Waals surface area (Å²) in [4.78, 5) is 25.2. The van der Waals surface area contributed by atoms with Crippen LogP contribution in [0.5, 0.6) is 5.75 Å². The minimum Gasteiger partial charge on any atom is -0.482 e. The Morgan fingerprint density at radius 3 is 2.69 bits per heavy atom. The Morgan fingerprint density at radius 2 is 1.97 bits per heavy atom. The summed E-state index contributed by atoms with van der Waals surface area (Å²) < 4.78 is 32.8. The average Bonchev–Trinajstić information content (AvgIpc) is 3.31. The summed E-state index contributed by atoms with van der Waals surface area (Å²) in [5, 5.41) is 7.50. The molecule has 4 rings (SSSR count). The first kappa shape index (κ1) is 22.0. The van der Waals surface area contributed by atoms with E-state index < -0.39 is 10.0 Å². The first-order chi connectivity index (χ1) is 15.3. The number of benzene rings is 2. The molecule has 2 heterocycles. The van der Waals surface area contributed by atoms with Crippen molar-refractivity contribution in [2.75, 3.05) is 11.9 Å². The molecule has 32 heavy (non-hydrogen) atoms. The minimum atomic E-state index is -3.68. The van der Waals surface area contributed by atoms with Gasteiger partial charge in [-0.15, -0.1) is 11.3 Å². The second-order valence-corrected chi connectivity index (χ2v) is 10.0. The largest absolute Gasteiger partial charge is 0.482 e. The summed E-state index contributed by atoms with van der Waals surface area (Å²) in [6.07, 6.45) is 0. The number of hydrogen-bond acceptors (Lipinski definition) is 6. The second kappa shape index (κ2) is 9.11. The molecular weight excluding hydrogens is 450 g/mol. The van der Waals surface area contributed by atoms with Gasteiger partial charge in [-0.25, -0.2) is 13.1 Å². The van der Waals surface area contributed by atoms with Crippen LogP contribution >= 0.6 is 11.3 Å². The van der Waals surface area contributed by atoms with Crippen LogP contribution in [0.2, 0.25) is 0 Å². The zero-order chi connectivity index (χ0) is 22.7. The molecule has 3 aromatic rings. The van der Waals surface area contributed by atoms with Crippen LogP contribution in [0, 0.1) is 0 Å². The number of amides is 2. The van der Waals surface area contributed by atoms with Crippen LogP contribution in [0.3, 0.4) is 0 Å². The van der Waals surface area contributed by atoms with Gasteiger partial charge in [0.15, 0.2) is 6.61 Å². The van der Waals surface area contributed by atoms with Gasteiger partial charge < -0.3 is 15.4 Å². The van der Waals surface area contributed by atoms with E-state index in [4.69, 9.17) is 4.74 Å². The predicted octanol–water partition coefficient (Wildman–Crippen LogP) is 3.05. The standard InChI is InChI=1S/C22H21N3O5S2/c1-14(16-6-9-20-19(11-16)25-21(26)13-30-20)24-22(27)15-4-7-18(8-5-15)32(28,29)23-12-17-3-2-10-31-17/h2-11,14,23H,12-13H2,1H3,(H,24,27)(H,25,26). The van der Waals surface area contributed by atoms with Crippen molar-refractivity contribution >= 4 is 38.9 Å². The highest BCUT2D eigenvalue weighted by Gasteiger charge is 2.19. The first-order valence-electron chi connectivity index (χ1n) is 9.81. The molecule has 0 saturated heterocycles. The van der Waals surface area contributed by atoms with Crippen molar-refractivity contribution in [3.8, 4) is 5.75 Å². The molecule has 0 aliphatic carbocycles. The number of hydrogen-bond donors (Lipinski definition) is 3. The molecule has 2 amide bonds. The van der Waals surface area contributed by atoms with Crippen molar-refractivity contribution in [1.82, 2.24) is 10.0 Å². The van der Waals surface area contributed by atoms with E-state index in [2.05, 4.69) is 15.4 Å². The number of anilines is 1. The number of rotatable bonds is 7. The van der Waals surface area contributed by atoms with Gasteiger partial charge in [-0.2, -0.15) is 0 Å². The average molecular weight is 472 g/mol. The van der Waals surface area contributed by atoms with Crippen LogP contribution in [0.4, 0.5) is 5.69 Å². The lowest BCUT2D eigenvalue weighted by Crippen LogP contribution is -2.28. The minimum absolute atomic E-state index is 0.0199. The lowest BCUT2D eigenvalue weighted by Gasteiger charge is -2.21. The molecule has 1 atom stereocenters. The summed E-state index contributed by atoms with van der Waals surface area (Å²) in [6.45, 7) is 2.01. The molecule has 1 aliphatic heterocycles. The molecule has 0 radical (unpaired) electrons. The van der Waals surface area contributed by atoms with E-state index in [0.717, 1.165) is 10.4 Å². The van der Waals surface area contributed by atoms with Gasteiger partial charge in [0.2, 0.25) is 10.0 Å². The fourth-order valence-electron chi connectivity index (χ4n) is 3.18. The lowest BCUT2D eigenvalue weighted by molar-refractivity contribution is -0.118. The zero-order valence-electron chi connectivity index (χ0n) is 17.1. The molecule has 2 aromatic carbocycles. The highest BCUT2D eigenvalue weighted by atomic mass is 32.2. The monoisotopic (exact) mass is 471 g/mol. The molecule has 0 bridgehead atoms. The Balaban J connectivity index is 1.40. The Hall–Kier alpha value is -3.21. The van der Waals surface area contributed by atoms with Gasteiger partial charge in [-0.1, -0.05) is 12.1 Å². The van der Waals surface area contributed by atoms with E-state index in [9.17, 15) is 18.0 Å². The van der Waals surface area contributed by atoms with Crippen LogP contribution in [0.1, 0.15) is 33.8 Å². The van der Waals surface area contributed by atoms with Gasteiger partial charge >= 0.3 is 0 Å². The van der Waals surface area contributed by atoms with Crippen LogP contribution in [0.15, 0.2) is 64.9 Å². The third-order valence-electron chi connectivity index (χ3n) is 4.93. The molecule has 1 unspecified atom stereocenters. The van der Waals surface area contributed by atoms with E-state index in [0.29, 0.717) is 17.0 Å². The van der Waals surface area contributed by atoms with E-state index in [1.807, 2.05) is 30.5 Å². The van der Waals surface area contributed by atoms with Gasteiger partial charge in [0, 0.05) is 17.0 Å². The summed E-state index contributed by atoms with van der Waals surface area (Å²) in [5.41, 5.74) is 1.69. The molecule has 1 aromatic heterocycles. The van der Waals surface area contributed by atoms with Crippen LogP contribution < -0.4 is 20.1 Å². The third kappa shape index (κ3) is 4.98. The quantitative estimate of drug-likeness (QED) is 0.490. The van der Waals surface area contributed by atoms with Crippen molar-refractivity contribution in [1.29, 1.82) is 0 Å². The molecule has 0 saturated carbocycles. The van der Waals surface area contributed by atoms with E-state index in [1.165, 1.54) is 35.6 Å². The maximum absolute atomic E-state index is 12.6. The molecule has 10 heteroatoms. The Kier molecular flexibility index (Phi) is 6.26. The highest BCUT2D eigenvalue weighted by Crippen LogP contribution is 2.30. The van der Waals surface area contributed by atoms with Gasteiger partial charge in [-0.05, 0) is 60.3 Å². The predicted molar refractivity (Wildman–Crippen MR) is 121 cm³/mol. The second-order valence-electron chi connectivity index (χ2n) is 7.22. The first-order valence-corrected chi connectivity index (χ1v) is 12.2. The number of ether oxygens (including phenoxy) is 1. The fourth-order valence-corrected chi connectivity index (χ4v) is 4.92. The number of thiophene rings is 1. The number of sulfonamides is 1. The van der Waals surface area contributed by atoms with Gasteiger partial charge in [-0.3, -0.25) is 9.59 Å². The van der Waals surface area contributed by atoms with Crippen molar-refractivity contribution in [3.05, 3.63) is 76.0 Å². The maximum Gasteiger partial charge on any atom is 0.262 e. The Morgan fingerprint density at radius 1 is 1.19 bits per heavy atom. The number of carbonyl (C=O) groups excluding carboxylic acids is 2. The van der Waals surface area contributed by atoms with Crippen molar-refractivity contribution in [3.63, 3.8) is 0 Å². The highest BCUT2D eigenvalue weighted by molar-refractivity contribution is 7.89. The fraction of sp³-hybridized carbons (Fsp3) is 0.182. The lowest BCUT2D eigenvalue weighted by atomic mass is 10.1. The molecule has 1 aliphatic rings. The molecular formula is C22H21N3O5S2. The Labute approximate surface area is 189 Å². The number of carbonyl (C=O) groups is 2.